The summed E-state index contributed by atoms with van der Waals surface area (Å²) in [6, 6.07) is 0.235. The monoisotopic (exact) mass is 179 g/mol. The van der Waals surface area contributed by atoms with Gasteiger partial charge >= 0.3 is 0 Å². The largest absolute Gasteiger partial charge is 0.235 e. The summed E-state index contributed by atoms with van der Waals surface area (Å²) in [7, 11) is 0. The number of isocyanates is 1. The van der Waals surface area contributed by atoms with Crippen LogP contribution in [0.1, 0.15) is 40.0 Å². The molecule has 2 saturated carbocycles. The minimum Gasteiger partial charge on any atom is -0.211 e. The van der Waals surface area contributed by atoms with Crippen LogP contribution >= 0.6 is 0 Å². The van der Waals surface area contributed by atoms with Gasteiger partial charge in [0.25, 0.3) is 0 Å². The molecule has 2 aliphatic rings. The van der Waals surface area contributed by atoms with Crippen molar-refractivity contribution in [3.05, 3.63) is 0 Å². The first-order chi connectivity index (χ1) is 6.02. The molecule has 2 heteroatoms. The van der Waals surface area contributed by atoms with Crippen molar-refractivity contribution < 1.29 is 4.79 Å². The minimum atomic E-state index is 0.235. The molecule has 3 atom stereocenters. The lowest BCUT2D eigenvalue weighted by molar-refractivity contribution is 0.137. The third kappa shape index (κ3) is 0.899. The van der Waals surface area contributed by atoms with Gasteiger partial charge in [-0.05, 0) is 36.0 Å². The predicted molar refractivity (Wildman–Crippen MR) is 51.1 cm³/mol. The molecule has 0 aromatic rings. The molecule has 0 aromatic carbocycles. The van der Waals surface area contributed by atoms with Crippen molar-refractivity contribution in [1.82, 2.24) is 0 Å². The van der Waals surface area contributed by atoms with E-state index in [0.717, 1.165) is 12.3 Å². The first kappa shape index (κ1) is 8.96. The SMILES string of the molecule is CC1(C)[C@H]2CC[C@@]1(C)[C@H](N=C=O)C2. The highest BCUT2D eigenvalue weighted by atomic mass is 16.1. The van der Waals surface area contributed by atoms with Crippen molar-refractivity contribution in [3.63, 3.8) is 0 Å². The highest BCUT2D eigenvalue weighted by molar-refractivity contribution is 5.35. The summed E-state index contributed by atoms with van der Waals surface area (Å²) >= 11 is 0. The standard InChI is InChI=1S/C11H17NO/c1-10(2)8-4-5-11(10,3)9(6-8)12-7-13/h8-9H,4-6H2,1-3H3/t8-,9+,11-/m0/s1. The average molecular weight is 179 g/mol. The maximum Gasteiger partial charge on any atom is 0.235 e. The fraction of sp³-hybridized carbons (Fsp3) is 0.909. The van der Waals surface area contributed by atoms with Crippen LogP contribution in [0.5, 0.6) is 0 Å². The van der Waals surface area contributed by atoms with E-state index < -0.39 is 0 Å². The van der Waals surface area contributed by atoms with Crippen LogP contribution in [-0.2, 0) is 4.79 Å². The van der Waals surface area contributed by atoms with Gasteiger partial charge < -0.3 is 0 Å². The van der Waals surface area contributed by atoms with Gasteiger partial charge in [0.1, 0.15) is 0 Å². The zero-order valence-electron chi connectivity index (χ0n) is 8.63. The number of carbonyl (C=O) groups excluding carboxylic acids is 1. The molecule has 2 nitrogen and oxygen atoms in total. The highest BCUT2D eigenvalue weighted by Crippen LogP contribution is 2.66. The quantitative estimate of drug-likeness (QED) is 0.449. The normalized spacial score (nSPS) is 46.1. The lowest BCUT2D eigenvalue weighted by Crippen LogP contribution is -2.34. The second-order valence-corrected chi connectivity index (χ2v) is 5.35. The van der Waals surface area contributed by atoms with Crippen LogP contribution in [0.2, 0.25) is 0 Å². The maximum atomic E-state index is 10.3. The summed E-state index contributed by atoms with van der Waals surface area (Å²) in [4.78, 5) is 14.3. The van der Waals surface area contributed by atoms with Crippen LogP contribution in [0, 0.1) is 16.7 Å². The molecule has 0 N–H and O–H groups in total. The Labute approximate surface area is 79.4 Å². The zero-order chi connectivity index (χ0) is 9.69. The van der Waals surface area contributed by atoms with Gasteiger partial charge in [-0.2, -0.15) is 0 Å². The van der Waals surface area contributed by atoms with Crippen LogP contribution in [0.4, 0.5) is 0 Å². The minimum absolute atomic E-state index is 0.235. The van der Waals surface area contributed by atoms with Gasteiger partial charge in [-0.25, -0.2) is 9.79 Å². The summed E-state index contributed by atoms with van der Waals surface area (Å²) in [6.45, 7) is 6.93. The van der Waals surface area contributed by atoms with Crippen molar-refractivity contribution in [2.24, 2.45) is 21.7 Å². The third-order valence-corrected chi connectivity index (χ3v) is 4.96. The molecule has 0 aromatic heterocycles. The molecule has 2 aliphatic carbocycles. The summed E-state index contributed by atoms with van der Waals surface area (Å²) in [5.41, 5.74) is 0.604. The number of hydrogen-bond donors (Lipinski definition) is 0. The highest BCUT2D eigenvalue weighted by Gasteiger charge is 2.61. The Morgan fingerprint density at radius 3 is 2.46 bits per heavy atom. The molecule has 0 saturated heterocycles. The van der Waals surface area contributed by atoms with E-state index in [9.17, 15) is 4.79 Å². The number of nitrogens with zero attached hydrogens (tertiary/aromatic N) is 1. The molecule has 0 amide bonds. The van der Waals surface area contributed by atoms with Crippen molar-refractivity contribution in [2.75, 3.05) is 0 Å². The Kier molecular flexibility index (Phi) is 1.69. The van der Waals surface area contributed by atoms with E-state index in [1.54, 1.807) is 6.08 Å². The maximum absolute atomic E-state index is 10.3. The Morgan fingerprint density at radius 1 is 1.38 bits per heavy atom. The molecular weight excluding hydrogens is 162 g/mol. The first-order valence-electron chi connectivity index (χ1n) is 5.09. The van der Waals surface area contributed by atoms with E-state index in [1.807, 2.05) is 0 Å². The third-order valence-electron chi connectivity index (χ3n) is 4.96. The van der Waals surface area contributed by atoms with E-state index in [4.69, 9.17) is 0 Å². The predicted octanol–water partition coefficient (Wildman–Crippen LogP) is 2.54. The number of aliphatic imine (C=N–C) groups is 1. The Hall–Kier alpha value is -0.620. The molecule has 0 radical (unpaired) electrons. The molecular formula is C11H17NO. The smallest absolute Gasteiger partial charge is 0.211 e. The van der Waals surface area contributed by atoms with Crippen molar-refractivity contribution in [2.45, 2.75) is 46.1 Å². The number of hydrogen-bond acceptors (Lipinski definition) is 2. The van der Waals surface area contributed by atoms with E-state index in [0.29, 0.717) is 5.41 Å². The van der Waals surface area contributed by atoms with E-state index >= 15 is 0 Å². The summed E-state index contributed by atoms with van der Waals surface area (Å²) < 4.78 is 0. The molecule has 13 heavy (non-hydrogen) atoms. The van der Waals surface area contributed by atoms with E-state index in [-0.39, 0.29) is 11.5 Å². The van der Waals surface area contributed by atoms with Crippen LogP contribution in [0.3, 0.4) is 0 Å². The number of fused-ring (bicyclic) bond motifs is 2. The second kappa shape index (κ2) is 2.45. The van der Waals surface area contributed by atoms with Crippen LogP contribution in [-0.4, -0.2) is 12.1 Å². The Bertz CT molecular complexity index is 278. The Morgan fingerprint density at radius 2 is 2.08 bits per heavy atom. The molecule has 2 rings (SSSR count). The summed E-state index contributed by atoms with van der Waals surface area (Å²) in [5, 5.41) is 0. The average Bonchev–Trinajstić information content (AvgIpc) is 2.37. The van der Waals surface area contributed by atoms with Crippen LogP contribution in [0.25, 0.3) is 0 Å². The zero-order valence-corrected chi connectivity index (χ0v) is 8.63. The van der Waals surface area contributed by atoms with Crippen molar-refractivity contribution in [1.29, 1.82) is 0 Å². The second-order valence-electron chi connectivity index (χ2n) is 5.35. The van der Waals surface area contributed by atoms with Crippen LogP contribution < -0.4 is 0 Å². The first-order valence-corrected chi connectivity index (χ1v) is 5.09. The van der Waals surface area contributed by atoms with Gasteiger partial charge in [0.05, 0.1) is 6.04 Å². The molecule has 72 valence electrons. The van der Waals surface area contributed by atoms with Crippen molar-refractivity contribution >= 4 is 6.08 Å². The van der Waals surface area contributed by atoms with Gasteiger partial charge in [0.2, 0.25) is 6.08 Å². The topological polar surface area (TPSA) is 29.4 Å². The van der Waals surface area contributed by atoms with Gasteiger partial charge in [0, 0.05) is 0 Å². The Balaban J connectivity index is 2.38. The molecule has 0 unspecified atom stereocenters. The molecule has 0 aliphatic heterocycles. The molecule has 0 heterocycles. The van der Waals surface area contributed by atoms with E-state index in [1.165, 1.54) is 12.8 Å². The van der Waals surface area contributed by atoms with E-state index in [2.05, 4.69) is 25.8 Å². The fourth-order valence-electron chi connectivity index (χ4n) is 3.42. The lowest BCUT2D eigenvalue weighted by atomic mass is 9.69. The molecule has 2 fully saturated rings. The van der Waals surface area contributed by atoms with Crippen molar-refractivity contribution in [3.8, 4) is 0 Å². The fourth-order valence-corrected chi connectivity index (χ4v) is 3.42. The summed E-state index contributed by atoms with van der Waals surface area (Å²) in [6.07, 6.45) is 5.37. The lowest BCUT2D eigenvalue weighted by Gasteiger charge is -2.36. The molecule has 0 spiro atoms. The molecule has 2 bridgehead atoms. The number of rotatable bonds is 1. The van der Waals surface area contributed by atoms with Gasteiger partial charge in [-0.3, -0.25) is 0 Å². The summed E-state index contributed by atoms with van der Waals surface area (Å²) in [5.74, 6) is 0.764. The van der Waals surface area contributed by atoms with Gasteiger partial charge in [-0.1, -0.05) is 20.8 Å². The van der Waals surface area contributed by atoms with Crippen LogP contribution in [0.15, 0.2) is 4.99 Å². The van der Waals surface area contributed by atoms with Gasteiger partial charge in [0.15, 0.2) is 0 Å². The van der Waals surface area contributed by atoms with Gasteiger partial charge in [-0.15, -0.1) is 0 Å².